The number of hydrogen-bond acceptors (Lipinski definition) is 5. The number of carbonyl (C=O) groups is 2. The summed E-state index contributed by atoms with van der Waals surface area (Å²) in [5.41, 5.74) is 0.628. The minimum absolute atomic E-state index is 0.283. The summed E-state index contributed by atoms with van der Waals surface area (Å²) < 4.78 is 10.3. The van der Waals surface area contributed by atoms with Gasteiger partial charge in [0.05, 0.1) is 13.0 Å². The highest BCUT2D eigenvalue weighted by molar-refractivity contribution is 5.75. The van der Waals surface area contributed by atoms with Gasteiger partial charge in [-0.2, -0.15) is 0 Å². The van der Waals surface area contributed by atoms with E-state index in [1.165, 1.54) is 12.7 Å². The van der Waals surface area contributed by atoms with Crippen LogP contribution in [0.15, 0.2) is 30.3 Å². The van der Waals surface area contributed by atoms with Crippen molar-refractivity contribution < 1.29 is 19.1 Å². The number of alkyl carbamates (subject to hydrolysis) is 1. The molecule has 0 aromatic heterocycles. The Morgan fingerprint density at radius 2 is 1.92 bits per heavy atom. The van der Waals surface area contributed by atoms with Crippen LogP contribution < -0.4 is 5.32 Å². The van der Waals surface area contributed by atoms with Crippen LogP contribution in [0.2, 0.25) is 0 Å². The van der Waals surface area contributed by atoms with Crippen LogP contribution in [0.4, 0.5) is 4.79 Å². The molecule has 6 heteroatoms. The lowest BCUT2D eigenvalue weighted by Crippen LogP contribution is -2.54. The van der Waals surface area contributed by atoms with Crippen LogP contribution in [0.3, 0.4) is 0 Å². The normalized spacial score (nSPS) is 21.4. The summed E-state index contributed by atoms with van der Waals surface area (Å²) in [6.07, 6.45) is 0.175. The molecule has 1 fully saturated rings. The number of amides is 1. The molecule has 0 unspecified atom stereocenters. The smallest absolute Gasteiger partial charge is 0.407 e. The van der Waals surface area contributed by atoms with Crippen LogP contribution in [0.25, 0.3) is 0 Å². The van der Waals surface area contributed by atoms with Gasteiger partial charge in [-0.25, -0.2) is 4.79 Å². The Hall–Kier alpha value is -2.08. The first-order valence-corrected chi connectivity index (χ1v) is 8.62. The summed E-state index contributed by atoms with van der Waals surface area (Å²) in [5, 5.41) is 2.84. The number of ether oxygens (including phenoxy) is 2. The van der Waals surface area contributed by atoms with Crippen LogP contribution in [0, 0.1) is 5.92 Å². The number of nitrogens with one attached hydrogen (secondary N) is 1. The average Bonchev–Trinajstić information content (AvgIpc) is 2.54. The Morgan fingerprint density at radius 1 is 1.24 bits per heavy atom. The molecule has 1 amide bonds. The van der Waals surface area contributed by atoms with E-state index in [-0.39, 0.29) is 12.0 Å². The fraction of sp³-hybridized carbons (Fsp3) is 0.579. The lowest BCUT2D eigenvalue weighted by Gasteiger charge is -2.37. The molecule has 2 atom stereocenters. The fourth-order valence-electron chi connectivity index (χ4n) is 3.03. The molecule has 6 nitrogen and oxygen atoms in total. The molecular weight excluding hydrogens is 320 g/mol. The van der Waals surface area contributed by atoms with Gasteiger partial charge in [0.25, 0.3) is 0 Å². The molecule has 0 saturated carbocycles. The summed E-state index contributed by atoms with van der Waals surface area (Å²) in [7, 11) is 1.38. The van der Waals surface area contributed by atoms with E-state index in [0.717, 1.165) is 13.1 Å². The largest absolute Gasteiger partial charge is 0.469 e. The Bertz CT molecular complexity index is 583. The van der Waals surface area contributed by atoms with Crippen LogP contribution >= 0.6 is 0 Å². The van der Waals surface area contributed by atoms with E-state index in [2.05, 4.69) is 22.3 Å². The molecule has 0 bridgehead atoms. The second-order valence-corrected chi connectivity index (χ2v) is 7.39. The number of methoxy groups -OCH3 is 1. The molecule has 1 heterocycles. The minimum Gasteiger partial charge on any atom is -0.469 e. The minimum atomic E-state index is -0.571. The van der Waals surface area contributed by atoms with Crippen molar-refractivity contribution >= 4 is 12.1 Å². The number of rotatable bonds is 4. The standard InChI is InChI=1S/C19H28N2O4/c1-19(2,3)25-18(23)20-16-10-11-21(13-15(16)17(22)24-4)12-14-8-6-5-7-9-14/h5-9,15-16H,10-13H2,1-4H3,(H,20,23)/t15-,16-/m0/s1. The molecule has 1 aromatic carbocycles. The first-order chi connectivity index (χ1) is 11.8. The Morgan fingerprint density at radius 3 is 2.52 bits per heavy atom. The average molecular weight is 348 g/mol. The first kappa shape index (κ1) is 19.2. The van der Waals surface area contributed by atoms with Crippen LogP contribution in [0.5, 0.6) is 0 Å². The van der Waals surface area contributed by atoms with E-state index in [9.17, 15) is 9.59 Å². The third-order valence-corrected chi connectivity index (χ3v) is 4.15. The zero-order valence-electron chi connectivity index (χ0n) is 15.5. The van der Waals surface area contributed by atoms with Gasteiger partial charge >= 0.3 is 12.1 Å². The number of hydrogen-bond donors (Lipinski definition) is 1. The van der Waals surface area contributed by atoms with Crippen molar-refractivity contribution in [2.75, 3.05) is 20.2 Å². The van der Waals surface area contributed by atoms with E-state index < -0.39 is 17.6 Å². The highest BCUT2D eigenvalue weighted by Crippen LogP contribution is 2.21. The molecule has 1 saturated heterocycles. The molecule has 2 rings (SSSR count). The van der Waals surface area contributed by atoms with Crippen LogP contribution in [0.1, 0.15) is 32.8 Å². The third-order valence-electron chi connectivity index (χ3n) is 4.15. The van der Waals surface area contributed by atoms with Gasteiger partial charge in [-0.1, -0.05) is 30.3 Å². The van der Waals surface area contributed by atoms with Crippen molar-refractivity contribution in [2.45, 2.75) is 45.4 Å². The van der Waals surface area contributed by atoms with Gasteiger partial charge in [-0.3, -0.25) is 9.69 Å². The van der Waals surface area contributed by atoms with E-state index in [1.54, 1.807) is 0 Å². The van der Waals surface area contributed by atoms with Gasteiger partial charge in [0.1, 0.15) is 5.60 Å². The number of piperidine rings is 1. The second-order valence-electron chi connectivity index (χ2n) is 7.39. The molecule has 0 spiro atoms. The van der Waals surface area contributed by atoms with Gasteiger partial charge in [-0.05, 0) is 32.8 Å². The van der Waals surface area contributed by atoms with Crippen molar-refractivity contribution in [1.29, 1.82) is 0 Å². The summed E-state index contributed by atoms with van der Waals surface area (Å²) in [6.45, 7) is 7.55. The number of benzene rings is 1. The predicted molar refractivity (Wildman–Crippen MR) is 95.0 cm³/mol. The monoisotopic (exact) mass is 348 g/mol. The molecule has 0 aliphatic carbocycles. The Kier molecular flexibility index (Phi) is 6.42. The van der Waals surface area contributed by atoms with Gasteiger partial charge < -0.3 is 14.8 Å². The molecule has 1 aliphatic heterocycles. The summed E-state index contributed by atoms with van der Waals surface area (Å²) in [4.78, 5) is 26.5. The maximum atomic E-state index is 12.2. The van der Waals surface area contributed by atoms with E-state index in [4.69, 9.17) is 9.47 Å². The van der Waals surface area contributed by atoms with Crippen molar-refractivity contribution in [1.82, 2.24) is 10.2 Å². The molecule has 138 valence electrons. The highest BCUT2D eigenvalue weighted by atomic mass is 16.6. The second kappa shape index (κ2) is 8.34. The summed E-state index contributed by atoms with van der Waals surface area (Å²) >= 11 is 0. The number of carbonyl (C=O) groups excluding carboxylic acids is 2. The molecule has 25 heavy (non-hydrogen) atoms. The Balaban J connectivity index is 2.00. The Labute approximate surface area is 149 Å². The van der Waals surface area contributed by atoms with Gasteiger partial charge in [0.15, 0.2) is 0 Å². The number of likely N-dealkylation sites (tertiary alicyclic amines) is 1. The molecule has 0 radical (unpaired) electrons. The summed E-state index contributed by atoms with van der Waals surface area (Å²) in [6, 6.07) is 9.84. The van der Waals surface area contributed by atoms with E-state index in [0.29, 0.717) is 13.0 Å². The van der Waals surface area contributed by atoms with Crippen molar-refractivity contribution in [3.05, 3.63) is 35.9 Å². The quantitative estimate of drug-likeness (QED) is 0.847. The van der Waals surface area contributed by atoms with Crippen LogP contribution in [-0.4, -0.2) is 48.8 Å². The first-order valence-electron chi connectivity index (χ1n) is 8.62. The lowest BCUT2D eigenvalue weighted by atomic mass is 9.92. The van der Waals surface area contributed by atoms with Gasteiger partial charge in [-0.15, -0.1) is 0 Å². The maximum Gasteiger partial charge on any atom is 0.407 e. The number of nitrogens with zero attached hydrogens (tertiary/aromatic N) is 1. The third kappa shape index (κ3) is 6.05. The zero-order chi connectivity index (χ0) is 18.4. The SMILES string of the molecule is COC(=O)[C@H]1CN(Cc2ccccc2)CC[C@@H]1NC(=O)OC(C)(C)C. The molecule has 1 N–H and O–H groups in total. The topological polar surface area (TPSA) is 67.9 Å². The van der Waals surface area contributed by atoms with Crippen molar-refractivity contribution in [3.63, 3.8) is 0 Å². The maximum absolute atomic E-state index is 12.2. The fourth-order valence-corrected chi connectivity index (χ4v) is 3.03. The van der Waals surface area contributed by atoms with Crippen molar-refractivity contribution in [2.24, 2.45) is 5.92 Å². The van der Waals surface area contributed by atoms with Gasteiger partial charge in [0.2, 0.25) is 0 Å². The van der Waals surface area contributed by atoms with Crippen LogP contribution in [-0.2, 0) is 20.8 Å². The summed E-state index contributed by atoms with van der Waals surface area (Å²) in [5.74, 6) is -0.714. The zero-order valence-corrected chi connectivity index (χ0v) is 15.5. The van der Waals surface area contributed by atoms with E-state index >= 15 is 0 Å². The molecule has 1 aliphatic rings. The highest BCUT2D eigenvalue weighted by Gasteiger charge is 2.36. The van der Waals surface area contributed by atoms with Gasteiger partial charge in [0, 0.05) is 25.7 Å². The lowest BCUT2D eigenvalue weighted by molar-refractivity contribution is -0.148. The van der Waals surface area contributed by atoms with E-state index in [1.807, 2.05) is 39.0 Å². The molecular formula is C19H28N2O4. The molecule has 1 aromatic rings. The number of esters is 1. The van der Waals surface area contributed by atoms with Crippen molar-refractivity contribution in [3.8, 4) is 0 Å². The predicted octanol–water partition coefficient (Wildman–Crippen LogP) is 2.57.